The largest absolute Gasteiger partial charge is 0.494 e. The van der Waals surface area contributed by atoms with Gasteiger partial charge in [0.25, 0.3) is 0 Å². The summed E-state index contributed by atoms with van der Waals surface area (Å²) in [5.41, 5.74) is 3.69. The van der Waals surface area contributed by atoms with Crippen molar-refractivity contribution in [1.82, 2.24) is 10.2 Å². The van der Waals surface area contributed by atoms with E-state index in [1.54, 1.807) is 0 Å². The molecule has 0 bridgehead atoms. The molecule has 0 saturated carbocycles. The average Bonchev–Trinajstić information content (AvgIpc) is 2.68. The second-order valence-corrected chi connectivity index (χ2v) is 7.12. The average molecular weight is 366 g/mol. The van der Waals surface area contributed by atoms with Crippen LogP contribution in [0.5, 0.6) is 11.5 Å². The van der Waals surface area contributed by atoms with Gasteiger partial charge in [-0.25, -0.2) is 0 Å². The van der Waals surface area contributed by atoms with Gasteiger partial charge in [0.2, 0.25) is 5.91 Å². The van der Waals surface area contributed by atoms with E-state index >= 15 is 0 Å². The normalized spacial score (nSPS) is 18.8. The van der Waals surface area contributed by atoms with Gasteiger partial charge in [-0.3, -0.25) is 9.69 Å². The van der Waals surface area contributed by atoms with Gasteiger partial charge in [-0.2, -0.15) is 0 Å². The van der Waals surface area contributed by atoms with E-state index in [9.17, 15) is 4.79 Å². The molecule has 0 aliphatic carbocycles. The molecular formula is C22H26N2O3. The van der Waals surface area contributed by atoms with Gasteiger partial charge < -0.3 is 14.8 Å². The second kappa shape index (κ2) is 8.01. The van der Waals surface area contributed by atoms with Crippen LogP contribution in [-0.2, 0) is 17.8 Å². The van der Waals surface area contributed by atoms with Crippen LogP contribution in [0.1, 0.15) is 36.1 Å². The van der Waals surface area contributed by atoms with Gasteiger partial charge in [0, 0.05) is 25.1 Å². The maximum Gasteiger partial charge on any atom is 0.234 e. The van der Waals surface area contributed by atoms with Gasteiger partial charge in [0.05, 0.1) is 25.8 Å². The first-order chi connectivity index (χ1) is 13.2. The van der Waals surface area contributed by atoms with Crippen molar-refractivity contribution in [3.05, 3.63) is 59.2 Å². The molecule has 0 spiro atoms. The van der Waals surface area contributed by atoms with Crippen LogP contribution in [0.15, 0.2) is 42.5 Å². The van der Waals surface area contributed by atoms with Crippen LogP contribution >= 0.6 is 0 Å². The summed E-state index contributed by atoms with van der Waals surface area (Å²) in [4.78, 5) is 14.9. The van der Waals surface area contributed by atoms with Crippen molar-refractivity contribution in [3.63, 3.8) is 0 Å². The number of carbonyl (C=O) groups is 1. The number of nitrogens with zero attached hydrogens (tertiary/aromatic N) is 1. The van der Waals surface area contributed by atoms with E-state index in [4.69, 9.17) is 9.47 Å². The number of fused-ring (bicyclic) bond motifs is 2. The molecule has 2 heterocycles. The van der Waals surface area contributed by atoms with E-state index in [0.29, 0.717) is 19.8 Å². The predicted octanol–water partition coefficient (Wildman–Crippen LogP) is 3.08. The van der Waals surface area contributed by atoms with Crippen LogP contribution in [0.25, 0.3) is 0 Å². The van der Waals surface area contributed by atoms with Gasteiger partial charge in [0.1, 0.15) is 11.5 Å². The van der Waals surface area contributed by atoms with Crippen molar-refractivity contribution in [2.75, 3.05) is 26.3 Å². The summed E-state index contributed by atoms with van der Waals surface area (Å²) in [5.74, 6) is 1.85. The summed E-state index contributed by atoms with van der Waals surface area (Å²) in [6.45, 7) is 5.39. The van der Waals surface area contributed by atoms with Gasteiger partial charge in [-0.15, -0.1) is 0 Å². The summed E-state index contributed by atoms with van der Waals surface area (Å²) < 4.78 is 11.3. The molecular weight excluding hydrogens is 340 g/mol. The Balaban J connectivity index is 1.38. The Morgan fingerprint density at radius 2 is 2.15 bits per heavy atom. The molecule has 27 heavy (non-hydrogen) atoms. The fourth-order valence-electron chi connectivity index (χ4n) is 3.92. The number of hydrogen-bond acceptors (Lipinski definition) is 4. The lowest BCUT2D eigenvalue weighted by atomic mass is 9.99. The molecule has 1 N–H and O–H groups in total. The Labute approximate surface area is 160 Å². The first-order valence-electron chi connectivity index (χ1n) is 9.71. The molecule has 2 aromatic rings. The van der Waals surface area contributed by atoms with E-state index in [-0.39, 0.29) is 11.9 Å². The number of ether oxygens (including phenoxy) is 2. The molecule has 5 nitrogen and oxygen atoms in total. The maximum absolute atomic E-state index is 12.7. The lowest BCUT2D eigenvalue weighted by molar-refractivity contribution is -0.123. The Morgan fingerprint density at radius 1 is 1.26 bits per heavy atom. The highest BCUT2D eigenvalue weighted by atomic mass is 16.5. The zero-order valence-electron chi connectivity index (χ0n) is 15.7. The zero-order chi connectivity index (χ0) is 18.6. The second-order valence-electron chi connectivity index (χ2n) is 7.12. The number of amides is 1. The monoisotopic (exact) mass is 366 g/mol. The quantitative estimate of drug-likeness (QED) is 0.884. The number of nitrogens with one attached hydrogen (secondary N) is 1. The Bertz CT molecular complexity index is 821. The summed E-state index contributed by atoms with van der Waals surface area (Å²) in [6, 6.07) is 14.3. The van der Waals surface area contributed by atoms with Crippen LogP contribution in [0.2, 0.25) is 0 Å². The number of carbonyl (C=O) groups excluding carboxylic acids is 1. The summed E-state index contributed by atoms with van der Waals surface area (Å²) in [5, 5.41) is 3.19. The standard InChI is InChI=1S/C22H26N2O3/c1-2-26-18-8-7-16-9-11-24(14-17(16)13-18)15-22(25)23-20-10-12-27-21-6-4-3-5-19(20)21/h3-8,13,20H,2,9-12,14-15H2,1H3,(H,23,25)/t20-/m1/s1. The highest BCUT2D eigenvalue weighted by Crippen LogP contribution is 2.31. The molecule has 0 unspecified atom stereocenters. The van der Waals surface area contributed by atoms with Crippen LogP contribution in [0.3, 0.4) is 0 Å². The molecule has 4 rings (SSSR count). The molecule has 1 amide bonds. The number of hydrogen-bond donors (Lipinski definition) is 1. The highest BCUT2D eigenvalue weighted by molar-refractivity contribution is 5.78. The topological polar surface area (TPSA) is 50.8 Å². The van der Waals surface area contributed by atoms with Crippen LogP contribution in [0, 0.1) is 0 Å². The number of para-hydroxylation sites is 1. The van der Waals surface area contributed by atoms with Gasteiger partial charge >= 0.3 is 0 Å². The summed E-state index contributed by atoms with van der Waals surface area (Å²) in [6.07, 6.45) is 1.78. The molecule has 5 heteroatoms. The van der Waals surface area contributed by atoms with Gasteiger partial charge in [0.15, 0.2) is 0 Å². The van der Waals surface area contributed by atoms with E-state index in [2.05, 4.69) is 22.3 Å². The van der Waals surface area contributed by atoms with Crippen molar-refractivity contribution >= 4 is 5.91 Å². The van der Waals surface area contributed by atoms with E-state index < -0.39 is 0 Å². The van der Waals surface area contributed by atoms with E-state index in [0.717, 1.165) is 43.0 Å². The Kier molecular flexibility index (Phi) is 5.30. The van der Waals surface area contributed by atoms with Crippen molar-refractivity contribution in [2.45, 2.75) is 32.4 Å². The molecule has 2 aliphatic heterocycles. The maximum atomic E-state index is 12.7. The van der Waals surface area contributed by atoms with Crippen molar-refractivity contribution in [2.24, 2.45) is 0 Å². The minimum Gasteiger partial charge on any atom is -0.494 e. The molecule has 0 radical (unpaired) electrons. The van der Waals surface area contributed by atoms with Crippen LogP contribution in [-0.4, -0.2) is 37.1 Å². The molecule has 2 aromatic carbocycles. The molecule has 142 valence electrons. The van der Waals surface area contributed by atoms with Crippen LogP contribution in [0.4, 0.5) is 0 Å². The van der Waals surface area contributed by atoms with Gasteiger partial charge in [-0.1, -0.05) is 24.3 Å². The predicted molar refractivity (Wildman–Crippen MR) is 104 cm³/mol. The van der Waals surface area contributed by atoms with Crippen molar-refractivity contribution in [3.8, 4) is 11.5 Å². The molecule has 0 saturated heterocycles. The summed E-state index contributed by atoms with van der Waals surface area (Å²) >= 11 is 0. The third-order valence-electron chi connectivity index (χ3n) is 5.24. The smallest absolute Gasteiger partial charge is 0.234 e. The van der Waals surface area contributed by atoms with Gasteiger partial charge in [-0.05, 0) is 42.7 Å². The fraction of sp³-hybridized carbons (Fsp3) is 0.409. The Morgan fingerprint density at radius 3 is 3.04 bits per heavy atom. The zero-order valence-corrected chi connectivity index (χ0v) is 15.7. The Hall–Kier alpha value is -2.53. The molecule has 2 aliphatic rings. The first kappa shape index (κ1) is 17.9. The van der Waals surface area contributed by atoms with Crippen molar-refractivity contribution in [1.29, 1.82) is 0 Å². The fourth-order valence-corrected chi connectivity index (χ4v) is 3.92. The van der Waals surface area contributed by atoms with Crippen LogP contribution < -0.4 is 14.8 Å². The minimum absolute atomic E-state index is 0.0316. The molecule has 0 aromatic heterocycles. The van der Waals surface area contributed by atoms with E-state index in [1.807, 2.05) is 37.3 Å². The highest BCUT2D eigenvalue weighted by Gasteiger charge is 2.24. The van der Waals surface area contributed by atoms with E-state index in [1.165, 1.54) is 11.1 Å². The lowest BCUT2D eigenvalue weighted by Gasteiger charge is -2.30. The first-order valence-corrected chi connectivity index (χ1v) is 9.71. The number of benzene rings is 2. The number of rotatable bonds is 5. The minimum atomic E-state index is 0.0316. The third-order valence-corrected chi connectivity index (χ3v) is 5.24. The SMILES string of the molecule is CCOc1ccc2c(c1)CN(CC(=O)N[C@@H]1CCOc3ccccc31)CC2. The molecule has 0 fully saturated rings. The lowest BCUT2D eigenvalue weighted by Crippen LogP contribution is -2.42. The molecule has 1 atom stereocenters. The van der Waals surface area contributed by atoms with Crippen molar-refractivity contribution < 1.29 is 14.3 Å². The summed E-state index contributed by atoms with van der Waals surface area (Å²) in [7, 11) is 0. The third kappa shape index (κ3) is 4.08.